The van der Waals surface area contributed by atoms with Crippen LogP contribution in [0.25, 0.3) is 0 Å². The smallest absolute Gasteiger partial charge is 0.329 e. The summed E-state index contributed by atoms with van der Waals surface area (Å²) in [5, 5.41) is 9.44. The Kier molecular flexibility index (Phi) is 3.00. The van der Waals surface area contributed by atoms with Crippen molar-refractivity contribution < 1.29 is 19.5 Å². The third kappa shape index (κ3) is 2.84. The van der Waals surface area contributed by atoms with Crippen LogP contribution in [0.1, 0.15) is 16.7 Å². The van der Waals surface area contributed by atoms with Gasteiger partial charge in [-0.1, -0.05) is 12.1 Å². The maximum atomic E-state index is 10.7. The summed E-state index contributed by atoms with van der Waals surface area (Å²) in [5.41, 5.74) is 1.81. The monoisotopic (exact) mass is 216 g/mol. The van der Waals surface area contributed by atoms with Crippen LogP contribution in [0.5, 0.6) is 5.75 Å². The van der Waals surface area contributed by atoms with Crippen LogP contribution in [0.2, 0.25) is 0 Å². The summed E-state index contributed by atoms with van der Waals surface area (Å²) in [5.74, 6) is 0.180. The molecule has 14 heavy (non-hydrogen) atoms. The molecule has 0 amide bonds. The molecule has 0 saturated heterocycles. The molecule has 0 unspecified atom stereocenters. The molecule has 1 aromatic carbocycles. The highest BCUT2D eigenvalue weighted by molar-refractivity contribution is 7.50. The average molecular weight is 216 g/mol. The number of aryl methyl sites for hydroxylation is 2. The van der Waals surface area contributed by atoms with Gasteiger partial charge in [0.25, 0.3) is 0 Å². The van der Waals surface area contributed by atoms with Gasteiger partial charge in [0.15, 0.2) is 0 Å². The number of hydrogen-bond acceptors (Lipinski definition) is 2. The van der Waals surface area contributed by atoms with E-state index in [4.69, 9.17) is 9.79 Å². The van der Waals surface area contributed by atoms with E-state index in [2.05, 4.69) is 0 Å². The largest absolute Gasteiger partial charge is 0.507 e. The minimum Gasteiger partial charge on any atom is -0.507 e. The molecule has 0 spiro atoms. The van der Waals surface area contributed by atoms with E-state index in [1.807, 2.05) is 0 Å². The molecular formula is C9H13O4P. The van der Waals surface area contributed by atoms with Crippen LogP contribution in [0.15, 0.2) is 12.1 Å². The Morgan fingerprint density at radius 2 is 1.64 bits per heavy atom. The van der Waals surface area contributed by atoms with Crippen LogP contribution in [0.3, 0.4) is 0 Å². The summed E-state index contributed by atoms with van der Waals surface area (Å²) in [6.45, 7) is 3.40. The van der Waals surface area contributed by atoms with E-state index in [0.717, 1.165) is 0 Å². The van der Waals surface area contributed by atoms with E-state index >= 15 is 0 Å². The first-order valence-corrected chi connectivity index (χ1v) is 5.93. The van der Waals surface area contributed by atoms with Gasteiger partial charge in [-0.25, -0.2) is 0 Å². The number of rotatable bonds is 2. The van der Waals surface area contributed by atoms with Gasteiger partial charge in [0.05, 0.1) is 6.16 Å². The van der Waals surface area contributed by atoms with Gasteiger partial charge < -0.3 is 14.9 Å². The highest BCUT2D eigenvalue weighted by Crippen LogP contribution is 2.40. The van der Waals surface area contributed by atoms with Crippen LogP contribution in [-0.2, 0) is 10.7 Å². The summed E-state index contributed by atoms with van der Waals surface area (Å²) in [7, 11) is -4.02. The summed E-state index contributed by atoms with van der Waals surface area (Å²) >= 11 is 0. The Morgan fingerprint density at radius 3 is 2.00 bits per heavy atom. The van der Waals surface area contributed by atoms with Gasteiger partial charge in [-0.2, -0.15) is 0 Å². The van der Waals surface area contributed by atoms with Gasteiger partial charge in [0, 0.05) is 0 Å². The third-order valence-electron chi connectivity index (χ3n) is 1.94. The standard InChI is InChI=1S/C9H13O4P/c1-6-3-8(5-14(11,12)13)4-7(2)9(6)10/h3-4,10H,5H2,1-2H3,(H2,11,12,13). The Hall–Kier alpha value is -0.830. The number of phenols is 1. The van der Waals surface area contributed by atoms with Crippen molar-refractivity contribution in [3.05, 3.63) is 28.8 Å². The van der Waals surface area contributed by atoms with Crippen molar-refractivity contribution in [2.75, 3.05) is 0 Å². The minimum absolute atomic E-state index is 0.180. The zero-order valence-corrected chi connectivity index (χ0v) is 8.95. The number of hydrogen-bond donors (Lipinski definition) is 3. The van der Waals surface area contributed by atoms with E-state index in [1.54, 1.807) is 26.0 Å². The first-order chi connectivity index (χ1) is 6.29. The molecule has 0 radical (unpaired) electrons. The quantitative estimate of drug-likeness (QED) is 0.657. The van der Waals surface area contributed by atoms with Crippen LogP contribution in [0, 0.1) is 13.8 Å². The van der Waals surface area contributed by atoms with Crippen LogP contribution in [-0.4, -0.2) is 14.9 Å². The number of aromatic hydroxyl groups is 1. The Labute approximate surface area is 82.4 Å². The van der Waals surface area contributed by atoms with Crippen LogP contribution >= 0.6 is 7.60 Å². The molecule has 0 bridgehead atoms. The van der Waals surface area contributed by atoms with Crippen molar-refractivity contribution in [1.29, 1.82) is 0 Å². The molecule has 1 aromatic rings. The SMILES string of the molecule is Cc1cc(CP(=O)(O)O)cc(C)c1O. The summed E-state index contributed by atoms with van der Waals surface area (Å²) in [6.07, 6.45) is -0.283. The lowest BCUT2D eigenvalue weighted by molar-refractivity contribution is 0.371. The summed E-state index contributed by atoms with van der Waals surface area (Å²) in [4.78, 5) is 17.5. The van der Waals surface area contributed by atoms with Gasteiger partial charge in [0.1, 0.15) is 5.75 Å². The predicted octanol–water partition coefficient (Wildman–Crippen LogP) is 1.69. The highest BCUT2D eigenvalue weighted by Gasteiger charge is 2.15. The van der Waals surface area contributed by atoms with E-state index in [0.29, 0.717) is 16.7 Å². The van der Waals surface area contributed by atoms with Crippen LogP contribution in [0.4, 0.5) is 0 Å². The maximum absolute atomic E-state index is 10.7. The second-order valence-corrected chi connectivity index (χ2v) is 5.05. The van der Waals surface area contributed by atoms with Gasteiger partial charge in [-0.15, -0.1) is 0 Å². The number of benzene rings is 1. The van der Waals surface area contributed by atoms with Gasteiger partial charge in [-0.05, 0) is 30.5 Å². The second kappa shape index (κ2) is 3.73. The molecule has 4 nitrogen and oxygen atoms in total. The van der Waals surface area contributed by atoms with E-state index in [1.165, 1.54) is 0 Å². The molecule has 0 atom stereocenters. The van der Waals surface area contributed by atoms with Gasteiger partial charge in [0.2, 0.25) is 0 Å². The van der Waals surface area contributed by atoms with Crippen molar-refractivity contribution >= 4 is 7.60 Å². The summed E-state index contributed by atoms with van der Waals surface area (Å²) < 4.78 is 10.7. The molecule has 3 N–H and O–H groups in total. The lowest BCUT2D eigenvalue weighted by Gasteiger charge is -2.08. The van der Waals surface area contributed by atoms with E-state index in [9.17, 15) is 9.67 Å². The molecule has 5 heteroatoms. The van der Waals surface area contributed by atoms with Crippen molar-refractivity contribution in [1.82, 2.24) is 0 Å². The van der Waals surface area contributed by atoms with Crippen LogP contribution < -0.4 is 0 Å². The Morgan fingerprint density at radius 1 is 1.21 bits per heavy atom. The van der Waals surface area contributed by atoms with Gasteiger partial charge >= 0.3 is 7.60 Å². The van der Waals surface area contributed by atoms with Gasteiger partial charge in [-0.3, -0.25) is 4.57 Å². The Bertz CT molecular complexity index is 371. The average Bonchev–Trinajstić information content (AvgIpc) is 1.96. The fourth-order valence-corrected chi connectivity index (χ4v) is 2.03. The molecule has 0 fully saturated rings. The van der Waals surface area contributed by atoms with Crippen molar-refractivity contribution in [3.8, 4) is 5.75 Å². The molecule has 0 aliphatic rings. The van der Waals surface area contributed by atoms with Crippen molar-refractivity contribution in [3.63, 3.8) is 0 Å². The molecule has 78 valence electrons. The zero-order valence-electron chi connectivity index (χ0n) is 8.06. The predicted molar refractivity (Wildman–Crippen MR) is 53.3 cm³/mol. The molecule has 0 saturated carbocycles. The summed E-state index contributed by atoms with van der Waals surface area (Å²) in [6, 6.07) is 3.17. The highest BCUT2D eigenvalue weighted by atomic mass is 31.2. The minimum atomic E-state index is -4.02. The number of phenolic OH excluding ortho intramolecular Hbond substituents is 1. The molecule has 0 heterocycles. The zero-order chi connectivity index (χ0) is 10.9. The first kappa shape index (κ1) is 11.2. The van der Waals surface area contributed by atoms with E-state index in [-0.39, 0.29) is 11.9 Å². The molecule has 0 aliphatic carbocycles. The topological polar surface area (TPSA) is 77.8 Å². The van der Waals surface area contributed by atoms with Crippen molar-refractivity contribution in [2.24, 2.45) is 0 Å². The lowest BCUT2D eigenvalue weighted by Crippen LogP contribution is -1.90. The second-order valence-electron chi connectivity index (χ2n) is 3.40. The molecular weight excluding hydrogens is 203 g/mol. The van der Waals surface area contributed by atoms with E-state index < -0.39 is 7.60 Å². The third-order valence-corrected chi connectivity index (χ3v) is 2.72. The normalized spacial score (nSPS) is 11.7. The first-order valence-electron chi connectivity index (χ1n) is 4.13. The Balaban J connectivity index is 3.08. The molecule has 0 aromatic heterocycles. The fraction of sp³-hybridized carbons (Fsp3) is 0.333. The van der Waals surface area contributed by atoms with Crippen molar-refractivity contribution in [2.45, 2.75) is 20.0 Å². The lowest BCUT2D eigenvalue weighted by atomic mass is 10.1. The molecule has 1 rings (SSSR count). The maximum Gasteiger partial charge on any atom is 0.329 e. The molecule has 0 aliphatic heterocycles. The fourth-order valence-electron chi connectivity index (χ4n) is 1.37.